The lowest BCUT2D eigenvalue weighted by atomic mass is 10.0. The molecule has 47 heavy (non-hydrogen) atoms. The molecule has 0 aromatic heterocycles. The number of nitrogens with one attached hydrogen (secondary N) is 1. The molecule has 1 N–H and O–H groups in total. The van der Waals surface area contributed by atoms with E-state index in [4.69, 9.17) is 16.3 Å². The molecule has 0 radical (unpaired) electrons. The van der Waals surface area contributed by atoms with Crippen LogP contribution in [-0.2, 0) is 32.6 Å². The van der Waals surface area contributed by atoms with Crippen molar-refractivity contribution >= 4 is 39.1 Å². The summed E-state index contributed by atoms with van der Waals surface area (Å²) in [7, 11) is -2.67. The maximum absolute atomic E-state index is 14.6. The van der Waals surface area contributed by atoms with Crippen LogP contribution in [0.15, 0.2) is 102 Å². The van der Waals surface area contributed by atoms with Crippen LogP contribution in [0.5, 0.6) is 5.75 Å². The average Bonchev–Trinajstić information content (AvgIpc) is 3.07. The number of anilines is 1. The Kier molecular flexibility index (Phi) is 12.4. The number of sulfonamides is 1. The van der Waals surface area contributed by atoms with Gasteiger partial charge in [0, 0.05) is 24.5 Å². The highest BCUT2D eigenvalue weighted by molar-refractivity contribution is 7.92. The summed E-state index contributed by atoms with van der Waals surface area (Å²) < 4.78 is 35.0. The molecule has 4 rings (SSSR count). The van der Waals surface area contributed by atoms with Gasteiger partial charge in [0.1, 0.15) is 18.3 Å². The van der Waals surface area contributed by atoms with Crippen molar-refractivity contribution in [2.45, 2.75) is 57.5 Å². The van der Waals surface area contributed by atoms with Crippen molar-refractivity contribution in [1.29, 1.82) is 0 Å². The lowest BCUT2D eigenvalue weighted by molar-refractivity contribution is -0.140. The van der Waals surface area contributed by atoms with E-state index in [9.17, 15) is 18.0 Å². The number of halogens is 1. The Hall–Kier alpha value is -4.34. The predicted molar refractivity (Wildman–Crippen MR) is 187 cm³/mol. The summed E-state index contributed by atoms with van der Waals surface area (Å²) in [5, 5.41) is 3.39. The van der Waals surface area contributed by atoms with Crippen molar-refractivity contribution in [3.63, 3.8) is 0 Å². The van der Waals surface area contributed by atoms with Crippen molar-refractivity contribution in [3.05, 3.63) is 124 Å². The van der Waals surface area contributed by atoms with Crippen molar-refractivity contribution in [2.75, 3.05) is 24.5 Å². The minimum absolute atomic E-state index is 0.00887. The second-order valence-corrected chi connectivity index (χ2v) is 13.8. The lowest BCUT2D eigenvalue weighted by Gasteiger charge is -2.34. The number of ether oxygens (including phenoxy) is 1. The molecule has 0 saturated carbocycles. The Morgan fingerprint density at radius 1 is 0.872 bits per heavy atom. The van der Waals surface area contributed by atoms with E-state index in [2.05, 4.69) is 5.32 Å². The highest BCUT2D eigenvalue weighted by atomic mass is 35.5. The molecule has 0 aliphatic rings. The van der Waals surface area contributed by atoms with E-state index in [0.29, 0.717) is 23.0 Å². The van der Waals surface area contributed by atoms with Gasteiger partial charge < -0.3 is 15.0 Å². The predicted octanol–water partition coefficient (Wildman–Crippen LogP) is 6.72. The van der Waals surface area contributed by atoms with Gasteiger partial charge >= 0.3 is 0 Å². The van der Waals surface area contributed by atoms with Gasteiger partial charge in [0.25, 0.3) is 10.0 Å². The number of methoxy groups -OCH3 is 1. The van der Waals surface area contributed by atoms with E-state index in [0.717, 1.165) is 39.4 Å². The summed E-state index contributed by atoms with van der Waals surface area (Å²) >= 11 is 6.08. The van der Waals surface area contributed by atoms with Gasteiger partial charge in [-0.15, -0.1) is 0 Å². The van der Waals surface area contributed by atoms with Crippen LogP contribution in [0.1, 0.15) is 42.0 Å². The standard InChI is InChI=1S/C37H42ClN3O5S/c1-5-6-21-39-37(43)35(24-29-11-8-7-9-12-29)40(25-30-13-10-14-33(23-30)46-4)36(42)26-41(32-18-15-27(2)28(3)22-32)47(44,45)34-19-16-31(38)17-20-34/h7-20,22-23,35H,5-6,21,24-26H2,1-4H3,(H,39,43)/t35-/m0/s1. The van der Waals surface area contributed by atoms with E-state index in [1.54, 1.807) is 31.4 Å². The third-order valence-electron chi connectivity index (χ3n) is 8.05. The zero-order chi connectivity index (χ0) is 34.0. The minimum Gasteiger partial charge on any atom is -0.497 e. The fourth-order valence-electron chi connectivity index (χ4n) is 5.17. The second kappa shape index (κ2) is 16.5. The Balaban J connectivity index is 1.82. The van der Waals surface area contributed by atoms with Gasteiger partial charge in [-0.25, -0.2) is 8.42 Å². The van der Waals surface area contributed by atoms with E-state index in [1.165, 1.54) is 29.2 Å². The van der Waals surface area contributed by atoms with Gasteiger partial charge in [0.05, 0.1) is 17.7 Å². The van der Waals surface area contributed by atoms with Crippen molar-refractivity contribution in [2.24, 2.45) is 0 Å². The van der Waals surface area contributed by atoms with Crippen LogP contribution in [0, 0.1) is 13.8 Å². The summed E-state index contributed by atoms with van der Waals surface area (Å²) in [6, 6.07) is 26.9. The van der Waals surface area contributed by atoms with Gasteiger partial charge in [-0.05, 0) is 91.1 Å². The molecule has 0 aliphatic carbocycles. The summed E-state index contributed by atoms with van der Waals surface area (Å²) in [4.78, 5) is 30.0. The molecule has 1 atom stereocenters. The number of amides is 2. The van der Waals surface area contributed by atoms with Crippen molar-refractivity contribution < 1.29 is 22.7 Å². The van der Waals surface area contributed by atoms with Crippen LogP contribution in [0.2, 0.25) is 5.02 Å². The van der Waals surface area contributed by atoms with Crippen LogP contribution >= 0.6 is 11.6 Å². The van der Waals surface area contributed by atoms with E-state index >= 15 is 0 Å². The fraction of sp³-hybridized carbons (Fsp3) is 0.297. The summed E-state index contributed by atoms with van der Waals surface area (Å²) in [5.41, 5.74) is 3.79. The topological polar surface area (TPSA) is 96.0 Å². The molecule has 0 bridgehead atoms. The van der Waals surface area contributed by atoms with Crippen molar-refractivity contribution in [1.82, 2.24) is 10.2 Å². The molecule has 0 unspecified atom stereocenters. The third-order valence-corrected chi connectivity index (χ3v) is 10.1. The molecule has 10 heteroatoms. The molecular formula is C37H42ClN3O5S. The quantitative estimate of drug-likeness (QED) is 0.141. The first-order valence-electron chi connectivity index (χ1n) is 15.6. The number of nitrogens with zero attached hydrogens (tertiary/aromatic N) is 2. The molecule has 2 amide bonds. The summed E-state index contributed by atoms with van der Waals surface area (Å²) in [5.74, 6) is -0.240. The monoisotopic (exact) mass is 675 g/mol. The van der Waals surface area contributed by atoms with E-state index in [-0.39, 0.29) is 23.8 Å². The number of hydrogen-bond donors (Lipinski definition) is 1. The SMILES string of the molecule is CCCCNC(=O)[C@H](Cc1ccccc1)N(Cc1cccc(OC)c1)C(=O)CN(c1ccc(C)c(C)c1)S(=O)(=O)c1ccc(Cl)cc1. The van der Waals surface area contributed by atoms with Crippen LogP contribution in [0.3, 0.4) is 0 Å². The maximum Gasteiger partial charge on any atom is 0.264 e. The van der Waals surface area contributed by atoms with Gasteiger partial charge in [0.15, 0.2) is 0 Å². The average molecular weight is 676 g/mol. The maximum atomic E-state index is 14.6. The van der Waals surface area contributed by atoms with Crippen LogP contribution in [0.25, 0.3) is 0 Å². The Bertz CT molecular complexity index is 1760. The van der Waals surface area contributed by atoms with Gasteiger partial charge in [0.2, 0.25) is 11.8 Å². The van der Waals surface area contributed by atoms with Crippen LogP contribution in [-0.4, -0.2) is 51.4 Å². The molecule has 8 nitrogen and oxygen atoms in total. The van der Waals surface area contributed by atoms with Gasteiger partial charge in [-0.2, -0.15) is 0 Å². The van der Waals surface area contributed by atoms with Gasteiger partial charge in [-0.3, -0.25) is 13.9 Å². The third kappa shape index (κ3) is 9.36. The number of hydrogen-bond acceptors (Lipinski definition) is 5. The molecular weight excluding hydrogens is 634 g/mol. The molecule has 0 spiro atoms. The first kappa shape index (κ1) is 35.5. The number of rotatable bonds is 15. The van der Waals surface area contributed by atoms with E-state index < -0.39 is 28.5 Å². The Morgan fingerprint density at radius 3 is 2.23 bits per heavy atom. The van der Waals surface area contributed by atoms with E-state index in [1.807, 2.05) is 69.3 Å². The number of aryl methyl sites for hydroxylation is 2. The number of benzene rings is 4. The first-order chi connectivity index (χ1) is 22.5. The van der Waals surface area contributed by atoms with Crippen LogP contribution in [0.4, 0.5) is 5.69 Å². The van der Waals surface area contributed by atoms with Gasteiger partial charge in [-0.1, -0.05) is 73.5 Å². The molecule has 0 heterocycles. The molecule has 4 aromatic rings. The second-order valence-electron chi connectivity index (χ2n) is 11.5. The largest absolute Gasteiger partial charge is 0.497 e. The normalized spacial score (nSPS) is 11.9. The zero-order valence-corrected chi connectivity index (χ0v) is 28.9. The number of carbonyl (C=O) groups excluding carboxylic acids is 2. The molecule has 4 aromatic carbocycles. The molecule has 0 saturated heterocycles. The first-order valence-corrected chi connectivity index (χ1v) is 17.4. The smallest absolute Gasteiger partial charge is 0.264 e. The lowest BCUT2D eigenvalue weighted by Crippen LogP contribution is -2.53. The fourth-order valence-corrected chi connectivity index (χ4v) is 6.70. The van der Waals surface area contributed by atoms with Crippen LogP contribution < -0.4 is 14.4 Å². The highest BCUT2D eigenvalue weighted by Gasteiger charge is 2.34. The summed E-state index contributed by atoms with van der Waals surface area (Å²) in [6.07, 6.45) is 1.92. The number of unbranched alkanes of at least 4 members (excludes halogenated alkanes) is 1. The summed E-state index contributed by atoms with van der Waals surface area (Å²) in [6.45, 7) is 5.83. The zero-order valence-electron chi connectivity index (χ0n) is 27.3. The Labute approximate surface area is 283 Å². The number of carbonyl (C=O) groups is 2. The molecule has 0 fully saturated rings. The van der Waals surface area contributed by atoms with Crippen molar-refractivity contribution in [3.8, 4) is 5.75 Å². The minimum atomic E-state index is -4.23. The Morgan fingerprint density at radius 2 is 1.57 bits per heavy atom. The molecule has 248 valence electrons. The highest BCUT2D eigenvalue weighted by Crippen LogP contribution is 2.28. The molecule has 0 aliphatic heterocycles.